The van der Waals surface area contributed by atoms with Crippen molar-refractivity contribution in [3.63, 3.8) is 0 Å². The van der Waals surface area contributed by atoms with Crippen molar-refractivity contribution in [2.75, 3.05) is 18.0 Å². The smallest absolute Gasteiger partial charge is 0.236 e. The van der Waals surface area contributed by atoms with Gasteiger partial charge in [-0.25, -0.2) is 0 Å². The summed E-state index contributed by atoms with van der Waals surface area (Å²) in [5, 5.41) is 0. The van der Waals surface area contributed by atoms with E-state index in [1.165, 1.54) is 0 Å². The van der Waals surface area contributed by atoms with E-state index in [4.69, 9.17) is 23.7 Å². The highest BCUT2D eigenvalue weighted by molar-refractivity contribution is 7.80. The molecule has 0 saturated carbocycles. The molecule has 0 aromatic carbocycles. The molecule has 1 aromatic heterocycles. The monoisotopic (exact) mass is 266 g/mol. The Balaban J connectivity index is 3.35. The van der Waals surface area contributed by atoms with Gasteiger partial charge in [0, 0.05) is 17.9 Å². The number of carbonyl (C=O) groups is 1. The van der Waals surface area contributed by atoms with Crippen molar-refractivity contribution in [2.24, 2.45) is 11.5 Å². The maximum Gasteiger partial charge on any atom is 0.236 e. The number of hydrogen-bond donors (Lipinski definition) is 2. The number of aromatic nitrogens is 1. The Hall–Kier alpha value is -1.69. The van der Waals surface area contributed by atoms with E-state index in [9.17, 15) is 4.79 Å². The minimum absolute atomic E-state index is 0.134. The van der Waals surface area contributed by atoms with Crippen molar-refractivity contribution in [3.8, 4) is 0 Å². The average molecular weight is 266 g/mol. The van der Waals surface area contributed by atoms with Gasteiger partial charge in [0.1, 0.15) is 4.99 Å². The summed E-state index contributed by atoms with van der Waals surface area (Å²) in [7, 11) is 0. The van der Waals surface area contributed by atoms with E-state index in [0.717, 1.165) is 17.1 Å². The van der Waals surface area contributed by atoms with Crippen LogP contribution >= 0.6 is 12.2 Å². The maximum atomic E-state index is 11.1. The summed E-state index contributed by atoms with van der Waals surface area (Å²) < 4.78 is 0. The lowest BCUT2D eigenvalue weighted by Gasteiger charge is -2.25. The zero-order valence-corrected chi connectivity index (χ0v) is 11.7. The molecule has 1 rings (SSSR count). The number of nitrogens with zero attached hydrogens (tertiary/aromatic N) is 2. The molecule has 0 radical (unpaired) electrons. The zero-order valence-electron chi connectivity index (χ0n) is 10.9. The van der Waals surface area contributed by atoms with Crippen LogP contribution in [0.15, 0.2) is 6.07 Å². The van der Waals surface area contributed by atoms with Crippen LogP contribution in [0.5, 0.6) is 0 Å². The predicted octanol–water partition coefficient (Wildman–Crippen LogP) is 0.644. The van der Waals surface area contributed by atoms with E-state index in [-0.39, 0.29) is 11.5 Å². The number of amides is 1. The largest absolute Gasteiger partial charge is 0.389 e. The predicted molar refractivity (Wildman–Crippen MR) is 76.7 cm³/mol. The summed E-state index contributed by atoms with van der Waals surface area (Å²) >= 11 is 5.06. The van der Waals surface area contributed by atoms with Crippen molar-refractivity contribution in [2.45, 2.75) is 20.8 Å². The second-order valence-corrected chi connectivity index (χ2v) is 4.53. The summed E-state index contributed by atoms with van der Waals surface area (Å²) in [6.07, 6.45) is 0. The van der Waals surface area contributed by atoms with Crippen LogP contribution < -0.4 is 16.4 Å². The van der Waals surface area contributed by atoms with Crippen molar-refractivity contribution in [3.05, 3.63) is 23.0 Å². The van der Waals surface area contributed by atoms with Crippen LogP contribution in [-0.4, -0.2) is 29.0 Å². The standard InChI is InChI=1S/C12H18N4OS/c1-4-16(6-10(13)17)9-5-7(2)15-8(3)11(9)12(14)18/h5H,4,6H2,1-3H3,(H2,13,17)(H2,14,18). The molecule has 1 heterocycles. The third-order valence-corrected chi connectivity index (χ3v) is 2.83. The summed E-state index contributed by atoms with van der Waals surface area (Å²) in [6.45, 7) is 6.45. The molecule has 0 bridgehead atoms. The number of thiocarbonyl (C=S) groups is 1. The molecule has 98 valence electrons. The SMILES string of the molecule is CCN(CC(N)=O)c1cc(C)nc(C)c1C(N)=S. The summed E-state index contributed by atoms with van der Waals surface area (Å²) in [5.41, 5.74) is 14.1. The van der Waals surface area contributed by atoms with Crippen molar-refractivity contribution in [1.29, 1.82) is 0 Å². The molecule has 0 aliphatic rings. The minimum Gasteiger partial charge on any atom is -0.389 e. The Kier molecular flexibility index (Phi) is 4.61. The van der Waals surface area contributed by atoms with Gasteiger partial charge in [-0.1, -0.05) is 12.2 Å². The lowest BCUT2D eigenvalue weighted by Crippen LogP contribution is -2.35. The quantitative estimate of drug-likeness (QED) is 0.764. The third-order valence-electron chi connectivity index (χ3n) is 2.62. The van der Waals surface area contributed by atoms with E-state index in [1.54, 1.807) is 0 Å². The highest BCUT2D eigenvalue weighted by Crippen LogP contribution is 2.23. The van der Waals surface area contributed by atoms with E-state index >= 15 is 0 Å². The van der Waals surface area contributed by atoms with Crippen LogP contribution in [0.3, 0.4) is 0 Å². The highest BCUT2D eigenvalue weighted by atomic mass is 32.1. The number of pyridine rings is 1. The molecule has 0 aliphatic heterocycles. The maximum absolute atomic E-state index is 11.1. The lowest BCUT2D eigenvalue weighted by atomic mass is 10.1. The van der Waals surface area contributed by atoms with E-state index in [1.807, 2.05) is 31.7 Å². The Morgan fingerprint density at radius 1 is 1.44 bits per heavy atom. The highest BCUT2D eigenvalue weighted by Gasteiger charge is 2.17. The van der Waals surface area contributed by atoms with E-state index in [2.05, 4.69) is 4.98 Å². The fraction of sp³-hybridized carbons (Fsp3) is 0.417. The van der Waals surface area contributed by atoms with Crippen LogP contribution in [0.4, 0.5) is 5.69 Å². The number of nitrogens with two attached hydrogens (primary N) is 2. The Bertz CT molecular complexity index is 487. The fourth-order valence-electron chi connectivity index (χ4n) is 1.92. The Labute approximate surface area is 112 Å². The van der Waals surface area contributed by atoms with Crippen molar-refractivity contribution >= 4 is 28.8 Å². The zero-order chi connectivity index (χ0) is 13.9. The fourth-order valence-corrected chi connectivity index (χ4v) is 2.17. The number of likely N-dealkylation sites (N-methyl/N-ethyl adjacent to an activating group) is 1. The first kappa shape index (κ1) is 14.4. The topological polar surface area (TPSA) is 85.2 Å². The molecule has 0 saturated heterocycles. The minimum atomic E-state index is -0.391. The lowest BCUT2D eigenvalue weighted by molar-refractivity contribution is -0.116. The molecule has 1 amide bonds. The molecule has 6 heteroatoms. The van der Waals surface area contributed by atoms with Crippen LogP contribution in [0.25, 0.3) is 0 Å². The first-order chi connectivity index (χ1) is 8.36. The number of rotatable bonds is 5. The van der Waals surface area contributed by atoms with E-state index < -0.39 is 5.91 Å². The molecule has 0 fully saturated rings. The van der Waals surface area contributed by atoms with Gasteiger partial charge in [-0.2, -0.15) is 0 Å². The number of carbonyl (C=O) groups excluding carboxylic acids is 1. The van der Waals surface area contributed by atoms with Gasteiger partial charge >= 0.3 is 0 Å². The number of primary amides is 1. The molecular weight excluding hydrogens is 248 g/mol. The number of aryl methyl sites for hydroxylation is 2. The summed E-state index contributed by atoms with van der Waals surface area (Å²) in [6, 6.07) is 1.87. The number of hydrogen-bond acceptors (Lipinski definition) is 4. The second-order valence-electron chi connectivity index (χ2n) is 4.09. The van der Waals surface area contributed by atoms with Crippen LogP contribution in [0.1, 0.15) is 23.9 Å². The molecule has 5 nitrogen and oxygen atoms in total. The molecule has 0 atom stereocenters. The Morgan fingerprint density at radius 3 is 2.50 bits per heavy atom. The summed E-state index contributed by atoms with van der Waals surface area (Å²) in [4.78, 5) is 17.6. The van der Waals surface area contributed by atoms with Gasteiger partial charge in [0.2, 0.25) is 5.91 Å². The molecule has 4 N–H and O–H groups in total. The average Bonchev–Trinajstić information content (AvgIpc) is 2.23. The van der Waals surface area contributed by atoms with Crippen LogP contribution in [0, 0.1) is 13.8 Å². The van der Waals surface area contributed by atoms with Gasteiger partial charge in [-0.3, -0.25) is 9.78 Å². The molecular formula is C12H18N4OS. The van der Waals surface area contributed by atoms with Crippen molar-refractivity contribution in [1.82, 2.24) is 4.98 Å². The Morgan fingerprint density at radius 2 is 2.06 bits per heavy atom. The van der Waals surface area contributed by atoms with Crippen molar-refractivity contribution < 1.29 is 4.79 Å². The third kappa shape index (κ3) is 3.16. The first-order valence-electron chi connectivity index (χ1n) is 5.68. The van der Waals surface area contributed by atoms with Crippen LogP contribution in [-0.2, 0) is 4.79 Å². The second kappa shape index (κ2) is 5.77. The van der Waals surface area contributed by atoms with Gasteiger partial charge in [0.15, 0.2) is 0 Å². The number of anilines is 1. The normalized spacial score (nSPS) is 10.2. The molecule has 0 aliphatic carbocycles. The van der Waals surface area contributed by atoms with Gasteiger partial charge in [0.25, 0.3) is 0 Å². The van der Waals surface area contributed by atoms with Gasteiger partial charge in [-0.05, 0) is 26.8 Å². The van der Waals surface area contributed by atoms with Gasteiger partial charge in [0.05, 0.1) is 17.8 Å². The molecule has 0 unspecified atom stereocenters. The van der Waals surface area contributed by atoms with Gasteiger partial charge in [-0.15, -0.1) is 0 Å². The summed E-state index contributed by atoms with van der Waals surface area (Å²) in [5.74, 6) is -0.391. The first-order valence-corrected chi connectivity index (χ1v) is 6.09. The molecule has 1 aromatic rings. The van der Waals surface area contributed by atoms with Crippen LogP contribution in [0.2, 0.25) is 0 Å². The molecule has 0 spiro atoms. The molecule has 18 heavy (non-hydrogen) atoms. The van der Waals surface area contributed by atoms with Gasteiger partial charge < -0.3 is 16.4 Å². The van der Waals surface area contributed by atoms with E-state index in [0.29, 0.717) is 12.1 Å².